The Labute approximate surface area is 101 Å². The summed E-state index contributed by atoms with van der Waals surface area (Å²) < 4.78 is 5.24. The molecule has 0 aromatic heterocycles. The molecule has 1 aromatic carbocycles. The molecule has 1 atom stereocenters. The first-order valence-corrected chi connectivity index (χ1v) is 5.95. The van der Waals surface area contributed by atoms with Gasteiger partial charge in [-0.2, -0.15) is 0 Å². The third kappa shape index (κ3) is 2.57. The fourth-order valence-electron chi connectivity index (χ4n) is 2.21. The van der Waals surface area contributed by atoms with Crippen LogP contribution in [-0.2, 0) is 4.74 Å². The predicted molar refractivity (Wildman–Crippen MR) is 64.8 cm³/mol. The Morgan fingerprint density at radius 3 is 2.75 bits per heavy atom. The normalized spacial score (nSPS) is 20.2. The summed E-state index contributed by atoms with van der Waals surface area (Å²) in [7, 11) is 0. The molecule has 16 heavy (non-hydrogen) atoms. The van der Waals surface area contributed by atoms with E-state index in [9.17, 15) is 5.11 Å². The van der Waals surface area contributed by atoms with Crippen LogP contribution in [-0.4, -0.2) is 24.9 Å². The average Bonchev–Trinajstić information content (AvgIpc) is 2.23. The molecule has 2 rings (SSSR count). The van der Waals surface area contributed by atoms with Gasteiger partial charge in [0.05, 0.1) is 13.2 Å². The summed E-state index contributed by atoms with van der Waals surface area (Å²) in [6.45, 7) is 3.95. The van der Waals surface area contributed by atoms with Gasteiger partial charge in [0.15, 0.2) is 0 Å². The van der Waals surface area contributed by atoms with Crippen molar-refractivity contribution in [3.05, 3.63) is 34.9 Å². The molecule has 1 aliphatic heterocycles. The van der Waals surface area contributed by atoms with Gasteiger partial charge in [0.1, 0.15) is 0 Å². The van der Waals surface area contributed by atoms with E-state index in [2.05, 4.69) is 6.92 Å². The second-order valence-corrected chi connectivity index (χ2v) is 5.38. The first-order chi connectivity index (χ1) is 7.63. The number of hydrogen-bond donors (Lipinski definition) is 1. The molecule has 1 saturated heterocycles. The summed E-state index contributed by atoms with van der Waals surface area (Å²) in [5, 5.41) is 10.2. The van der Waals surface area contributed by atoms with E-state index in [0.29, 0.717) is 0 Å². The fourth-order valence-corrected chi connectivity index (χ4v) is 2.41. The van der Waals surface area contributed by atoms with Crippen LogP contribution in [0, 0.1) is 5.41 Å². The lowest BCUT2D eigenvalue weighted by Crippen LogP contribution is -2.41. The van der Waals surface area contributed by atoms with E-state index in [1.54, 1.807) is 0 Å². The quantitative estimate of drug-likeness (QED) is 0.877. The van der Waals surface area contributed by atoms with Gasteiger partial charge < -0.3 is 9.84 Å². The zero-order valence-electron chi connectivity index (χ0n) is 9.45. The van der Waals surface area contributed by atoms with Gasteiger partial charge in [-0.05, 0) is 24.1 Å². The van der Waals surface area contributed by atoms with E-state index in [0.717, 1.165) is 30.2 Å². The minimum absolute atomic E-state index is 0.160. The standard InChI is InChI=1S/C13H17ClO2/c1-13(8-16-9-13)6-11(7-15)10-3-2-4-12(14)5-10/h2-5,11,15H,6-9H2,1H3. The molecule has 1 unspecified atom stereocenters. The number of aliphatic hydroxyl groups excluding tert-OH is 1. The lowest BCUT2D eigenvalue weighted by atomic mass is 9.77. The van der Waals surface area contributed by atoms with Crippen molar-refractivity contribution in [3.8, 4) is 0 Å². The van der Waals surface area contributed by atoms with Gasteiger partial charge in [0.2, 0.25) is 0 Å². The van der Waals surface area contributed by atoms with Crippen LogP contribution in [0.4, 0.5) is 0 Å². The van der Waals surface area contributed by atoms with Gasteiger partial charge in [-0.3, -0.25) is 0 Å². The topological polar surface area (TPSA) is 29.5 Å². The zero-order chi connectivity index (χ0) is 11.6. The van der Waals surface area contributed by atoms with Gasteiger partial charge in [-0.15, -0.1) is 0 Å². The molecule has 0 saturated carbocycles. The Balaban J connectivity index is 2.10. The van der Waals surface area contributed by atoms with Crippen LogP contribution in [0.15, 0.2) is 24.3 Å². The fraction of sp³-hybridized carbons (Fsp3) is 0.538. The Morgan fingerprint density at radius 2 is 2.25 bits per heavy atom. The van der Waals surface area contributed by atoms with Crippen molar-refractivity contribution >= 4 is 11.6 Å². The van der Waals surface area contributed by atoms with Gasteiger partial charge in [0, 0.05) is 23.0 Å². The highest BCUT2D eigenvalue weighted by Crippen LogP contribution is 2.37. The molecular weight excluding hydrogens is 224 g/mol. The molecule has 2 nitrogen and oxygen atoms in total. The van der Waals surface area contributed by atoms with Crippen LogP contribution in [0.2, 0.25) is 5.02 Å². The van der Waals surface area contributed by atoms with E-state index in [1.165, 1.54) is 0 Å². The Bertz CT molecular complexity index is 361. The summed E-state index contributed by atoms with van der Waals surface area (Å²) in [5.74, 6) is 0.160. The largest absolute Gasteiger partial charge is 0.396 e. The number of aliphatic hydroxyl groups is 1. The van der Waals surface area contributed by atoms with E-state index < -0.39 is 0 Å². The molecular formula is C13H17ClO2. The maximum absolute atomic E-state index is 9.47. The molecule has 1 heterocycles. The Morgan fingerprint density at radius 1 is 1.50 bits per heavy atom. The minimum atomic E-state index is 0.160. The van der Waals surface area contributed by atoms with Gasteiger partial charge >= 0.3 is 0 Å². The lowest BCUT2D eigenvalue weighted by molar-refractivity contribution is -0.110. The number of hydrogen-bond acceptors (Lipinski definition) is 2. The summed E-state index contributed by atoms with van der Waals surface area (Å²) in [5.41, 5.74) is 1.33. The first-order valence-electron chi connectivity index (χ1n) is 5.57. The van der Waals surface area contributed by atoms with Crippen LogP contribution in [0.25, 0.3) is 0 Å². The van der Waals surface area contributed by atoms with Crippen molar-refractivity contribution in [3.63, 3.8) is 0 Å². The molecule has 1 fully saturated rings. The SMILES string of the molecule is CC1(CC(CO)c2cccc(Cl)c2)COC1. The zero-order valence-corrected chi connectivity index (χ0v) is 10.2. The van der Waals surface area contributed by atoms with Crippen molar-refractivity contribution < 1.29 is 9.84 Å². The van der Waals surface area contributed by atoms with Crippen LogP contribution in [0.3, 0.4) is 0 Å². The maximum atomic E-state index is 9.47. The smallest absolute Gasteiger partial charge is 0.0542 e. The highest BCUT2D eigenvalue weighted by molar-refractivity contribution is 6.30. The number of rotatable bonds is 4. The summed E-state index contributed by atoms with van der Waals surface area (Å²) in [4.78, 5) is 0. The molecule has 88 valence electrons. The highest BCUT2D eigenvalue weighted by Gasteiger charge is 2.35. The van der Waals surface area contributed by atoms with E-state index in [4.69, 9.17) is 16.3 Å². The summed E-state index contributed by atoms with van der Waals surface area (Å²) in [6.07, 6.45) is 0.948. The van der Waals surface area contributed by atoms with Gasteiger partial charge in [-0.1, -0.05) is 30.7 Å². The molecule has 3 heteroatoms. The molecule has 0 bridgehead atoms. The number of halogens is 1. The third-order valence-corrected chi connectivity index (χ3v) is 3.42. The van der Waals surface area contributed by atoms with Crippen LogP contribution in [0.5, 0.6) is 0 Å². The molecule has 0 spiro atoms. The predicted octanol–water partition coefficient (Wildman–Crippen LogP) is 2.84. The average molecular weight is 241 g/mol. The van der Waals surface area contributed by atoms with Crippen molar-refractivity contribution in [1.29, 1.82) is 0 Å². The minimum Gasteiger partial charge on any atom is -0.396 e. The molecule has 1 aromatic rings. The van der Waals surface area contributed by atoms with Crippen LogP contribution >= 0.6 is 11.6 Å². The Hall–Kier alpha value is -0.570. The molecule has 1 aliphatic rings. The molecule has 0 amide bonds. The second-order valence-electron chi connectivity index (χ2n) is 4.94. The molecule has 0 aliphatic carbocycles. The van der Waals surface area contributed by atoms with Crippen molar-refractivity contribution in [2.24, 2.45) is 5.41 Å². The van der Waals surface area contributed by atoms with Crippen molar-refractivity contribution in [1.82, 2.24) is 0 Å². The van der Waals surface area contributed by atoms with E-state index in [-0.39, 0.29) is 17.9 Å². The van der Waals surface area contributed by atoms with E-state index in [1.807, 2.05) is 24.3 Å². The van der Waals surface area contributed by atoms with Crippen molar-refractivity contribution in [2.45, 2.75) is 19.3 Å². The molecule has 1 N–H and O–H groups in total. The van der Waals surface area contributed by atoms with Crippen molar-refractivity contribution in [2.75, 3.05) is 19.8 Å². The second kappa shape index (κ2) is 4.74. The van der Waals surface area contributed by atoms with E-state index >= 15 is 0 Å². The number of benzene rings is 1. The lowest BCUT2D eigenvalue weighted by Gasteiger charge is -2.40. The van der Waals surface area contributed by atoms with Gasteiger partial charge in [0.25, 0.3) is 0 Å². The third-order valence-electron chi connectivity index (χ3n) is 3.18. The Kier molecular flexibility index (Phi) is 3.53. The monoisotopic (exact) mass is 240 g/mol. The maximum Gasteiger partial charge on any atom is 0.0542 e. The number of ether oxygens (including phenoxy) is 1. The summed E-state index contributed by atoms with van der Waals surface area (Å²) in [6, 6.07) is 7.74. The molecule has 0 radical (unpaired) electrons. The first kappa shape index (κ1) is 11.9. The summed E-state index contributed by atoms with van der Waals surface area (Å²) >= 11 is 5.96. The van der Waals surface area contributed by atoms with Crippen LogP contribution in [0.1, 0.15) is 24.8 Å². The highest BCUT2D eigenvalue weighted by atomic mass is 35.5. The van der Waals surface area contributed by atoms with Crippen LogP contribution < -0.4 is 0 Å². The van der Waals surface area contributed by atoms with Gasteiger partial charge in [-0.25, -0.2) is 0 Å².